The summed E-state index contributed by atoms with van der Waals surface area (Å²) in [6.45, 7) is 0. The van der Waals surface area contributed by atoms with Crippen LogP contribution in [0.5, 0.6) is 0 Å². The Morgan fingerprint density at radius 3 is 2.29 bits per heavy atom. The molecule has 6 heteroatoms. The van der Waals surface area contributed by atoms with Crippen LogP contribution in [0.1, 0.15) is 27.0 Å². The molecule has 0 fully saturated rings. The maximum Gasteiger partial charge on any atom is 0.416 e. The number of benzene rings is 2. The van der Waals surface area contributed by atoms with Gasteiger partial charge < -0.3 is 0 Å². The minimum atomic E-state index is -4.81. The molecule has 0 heterocycles. The fourth-order valence-electron chi connectivity index (χ4n) is 2.03. The molecule has 0 bridgehead atoms. The zero-order valence-electron chi connectivity index (χ0n) is 10.5. The van der Waals surface area contributed by atoms with Gasteiger partial charge in [-0.15, -0.1) is 0 Å². The van der Waals surface area contributed by atoms with Crippen LogP contribution < -0.4 is 0 Å². The molecule has 0 amide bonds. The van der Waals surface area contributed by atoms with E-state index in [1.165, 1.54) is 24.3 Å². The number of carbonyl (C=O) groups excluding carboxylic acids is 1. The van der Waals surface area contributed by atoms with E-state index in [9.17, 15) is 26.7 Å². The highest BCUT2D eigenvalue weighted by Crippen LogP contribution is 2.35. The molecule has 0 aromatic heterocycles. The van der Waals surface area contributed by atoms with Gasteiger partial charge >= 0.3 is 6.18 Å². The maximum absolute atomic E-state index is 13.8. The zero-order chi connectivity index (χ0) is 15.6. The average Bonchev–Trinajstić information content (AvgIpc) is 2.43. The summed E-state index contributed by atoms with van der Waals surface area (Å²) in [5.74, 6) is -2.91. The second-order valence-electron chi connectivity index (χ2n) is 4.38. The van der Waals surface area contributed by atoms with Crippen molar-refractivity contribution in [2.45, 2.75) is 12.6 Å². The fourth-order valence-corrected chi connectivity index (χ4v) is 2.03. The molecule has 0 aliphatic rings. The lowest BCUT2D eigenvalue weighted by atomic mass is 9.96. The molecule has 2 aromatic carbocycles. The lowest BCUT2D eigenvalue weighted by molar-refractivity contribution is -0.138. The van der Waals surface area contributed by atoms with Gasteiger partial charge in [-0.1, -0.05) is 24.3 Å². The lowest BCUT2D eigenvalue weighted by Gasteiger charge is -2.15. The highest BCUT2D eigenvalue weighted by Gasteiger charge is 2.35. The minimum absolute atomic E-state index is 0.134. The molecule has 0 saturated carbocycles. The molecule has 110 valence electrons. The third-order valence-electron chi connectivity index (χ3n) is 3.05. The van der Waals surface area contributed by atoms with Gasteiger partial charge in [-0.3, -0.25) is 4.79 Å². The molecule has 1 nitrogen and oxygen atoms in total. The van der Waals surface area contributed by atoms with Gasteiger partial charge in [0.1, 0.15) is 6.29 Å². The molecule has 0 aliphatic heterocycles. The Bertz CT molecular complexity index is 676. The second kappa shape index (κ2) is 5.63. The van der Waals surface area contributed by atoms with E-state index in [4.69, 9.17) is 0 Å². The molecule has 0 aliphatic carbocycles. The fraction of sp³-hybridized carbons (Fsp3) is 0.133. The average molecular weight is 300 g/mol. The van der Waals surface area contributed by atoms with Gasteiger partial charge in [0.05, 0.1) is 5.56 Å². The van der Waals surface area contributed by atoms with Crippen molar-refractivity contribution >= 4 is 6.29 Å². The summed E-state index contributed by atoms with van der Waals surface area (Å²) in [5.41, 5.74) is -1.73. The van der Waals surface area contributed by atoms with Crippen molar-refractivity contribution in [3.8, 4) is 0 Å². The van der Waals surface area contributed by atoms with E-state index in [-0.39, 0.29) is 11.1 Å². The summed E-state index contributed by atoms with van der Waals surface area (Å²) in [7, 11) is 0. The van der Waals surface area contributed by atoms with Crippen LogP contribution in [0.25, 0.3) is 0 Å². The predicted octanol–water partition coefficient (Wildman–Crippen LogP) is 4.39. The van der Waals surface area contributed by atoms with Gasteiger partial charge in [0.15, 0.2) is 11.6 Å². The quantitative estimate of drug-likeness (QED) is 0.607. The summed E-state index contributed by atoms with van der Waals surface area (Å²) < 4.78 is 65.6. The smallest absolute Gasteiger partial charge is 0.298 e. The first-order chi connectivity index (χ1) is 9.84. The number of alkyl halides is 3. The largest absolute Gasteiger partial charge is 0.416 e. The summed E-state index contributed by atoms with van der Waals surface area (Å²) in [6.07, 6.45) is -4.87. The van der Waals surface area contributed by atoms with Gasteiger partial charge in [0, 0.05) is 17.5 Å². The van der Waals surface area contributed by atoms with E-state index >= 15 is 0 Å². The third kappa shape index (κ3) is 3.09. The van der Waals surface area contributed by atoms with Gasteiger partial charge in [-0.25, -0.2) is 8.78 Å². The van der Waals surface area contributed by atoms with Crippen molar-refractivity contribution < 1.29 is 26.7 Å². The zero-order valence-corrected chi connectivity index (χ0v) is 10.5. The SMILES string of the molecule is O=Cc1ccccc1Cc1c(C(F)(F)F)ccc(F)c1F. The van der Waals surface area contributed by atoms with Crippen LogP contribution in [0.4, 0.5) is 22.0 Å². The van der Waals surface area contributed by atoms with E-state index in [1.54, 1.807) is 0 Å². The summed E-state index contributed by atoms with van der Waals surface area (Å²) >= 11 is 0. The summed E-state index contributed by atoms with van der Waals surface area (Å²) in [6, 6.07) is 6.76. The van der Waals surface area contributed by atoms with E-state index in [2.05, 4.69) is 0 Å². The first kappa shape index (κ1) is 15.2. The van der Waals surface area contributed by atoms with Crippen molar-refractivity contribution in [1.29, 1.82) is 0 Å². The second-order valence-corrected chi connectivity index (χ2v) is 4.38. The molecule has 2 rings (SSSR count). The Kier molecular flexibility index (Phi) is 4.06. The number of hydrogen-bond acceptors (Lipinski definition) is 1. The van der Waals surface area contributed by atoms with Crippen LogP contribution in [0.15, 0.2) is 36.4 Å². The van der Waals surface area contributed by atoms with Crippen LogP contribution in [0.3, 0.4) is 0 Å². The molecule has 0 unspecified atom stereocenters. The summed E-state index contributed by atoms with van der Waals surface area (Å²) in [5, 5.41) is 0. The number of halogens is 5. The van der Waals surface area contributed by atoms with Crippen LogP contribution in [0, 0.1) is 11.6 Å². The Balaban J connectivity index is 2.58. The molecule has 0 N–H and O–H groups in total. The highest BCUT2D eigenvalue weighted by atomic mass is 19.4. The molecule has 0 atom stereocenters. The molecular weight excluding hydrogens is 291 g/mol. The van der Waals surface area contributed by atoms with E-state index in [0.717, 1.165) is 0 Å². The number of hydrogen-bond donors (Lipinski definition) is 0. The van der Waals surface area contributed by atoms with E-state index in [1.807, 2.05) is 0 Å². The predicted molar refractivity (Wildman–Crippen MR) is 66.0 cm³/mol. The number of aldehydes is 1. The van der Waals surface area contributed by atoms with Crippen molar-refractivity contribution in [1.82, 2.24) is 0 Å². The van der Waals surface area contributed by atoms with Gasteiger partial charge in [0.25, 0.3) is 0 Å². The Hall–Kier alpha value is -2.24. The number of carbonyl (C=O) groups is 1. The molecule has 21 heavy (non-hydrogen) atoms. The summed E-state index contributed by atoms with van der Waals surface area (Å²) in [4.78, 5) is 10.9. The van der Waals surface area contributed by atoms with Crippen LogP contribution in [0.2, 0.25) is 0 Å². The minimum Gasteiger partial charge on any atom is -0.298 e. The third-order valence-corrected chi connectivity index (χ3v) is 3.05. The van der Waals surface area contributed by atoms with Crippen molar-refractivity contribution in [2.24, 2.45) is 0 Å². The maximum atomic E-state index is 13.8. The van der Waals surface area contributed by atoms with Gasteiger partial charge in [-0.2, -0.15) is 13.2 Å². The lowest BCUT2D eigenvalue weighted by Crippen LogP contribution is -2.13. The van der Waals surface area contributed by atoms with E-state index < -0.39 is 35.4 Å². The van der Waals surface area contributed by atoms with Gasteiger partial charge in [0.2, 0.25) is 0 Å². The molecule has 2 aromatic rings. The monoisotopic (exact) mass is 300 g/mol. The van der Waals surface area contributed by atoms with Crippen molar-refractivity contribution in [3.05, 3.63) is 70.3 Å². The van der Waals surface area contributed by atoms with Crippen LogP contribution >= 0.6 is 0 Å². The molecular formula is C15H9F5O. The highest BCUT2D eigenvalue weighted by molar-refractivity contribution is 5.77. The van der Waals surface area contributed by atoms with E-state index in [0.29, 0.717) is 18.4 Å². The molecule has 0 radical (unpaired) electrons. The normalized spacial score (nSPS) is 11.5. The number of rotatable bonds is 3. The van der Waals surface area contributed by atoms with Crippen molar-refractivity contribution in [2.75, 3.05) is 0 Å². The van der Waals surface area contributed by atoms with Crippen LogP contribution in [-0.4, -0.2) is 6.29 Å². The van der Waals surface area contributed by atoms with Gasteiger partial charge in [-0.05, 0) is 17.7 Å². The first-order valence-electron chi connectivity index (χ1n) is 5.91. The standard InChI is InChI=1S/C15H9F5O/c16-13-6-5-12(15(18,19)20)11(14(13)17)7-9-3-1-2-4-10(9)8-21/h1-6,8H,7H2. The first-order valence-corrected chi connectivity index (χ1v) is 5.91. The Morgan fingerprint density at radius 1 is 1.00 bits per heavy atom. The Labute approximate surface area is 117 Å². The molecule has 0 saturated heterocycles. The van der Waals surface area contributed by atoms with Crippen LogP contribution in [-0.2, 0) is 12.6 Å². The topological polar surface area (TPSA) is 17.1 Å². The Morgan fingerprint density at radius 2 is 1.67 bits per heavy atom. The van der Waals surface area contributed by atoms with Crippen molar-refractivity contribution in [3.63, 3.8) is 0 Å². The molecule has 0 spiro atoms.